The lowest BCUT2D eigenvalue weighted by atomic mass is 9.85. The number of rotatable bonds is 3. The van der Waals surface area contributed by atoms with Gasteiger partial charge >= 0.3 is 0 Å². The number of ether oxygens (including phenoxy) is 1. The van der Waals surface area contributed by atoms with Crippen LogP contribution in [-0.4, -0.2) is 5.60 Å². The summed E-state index contributed by atoms with van der Waals surface area (Å²) in [7, 11) is 0. The fourth-order valence-corrected chi connectivity index (χ4v) is 2.80. The van der Waals surface area contributed by atoms with Crippen molar-refractivity contribution < 1.29 is 4.74 Å². The number of unbranched alkanes of at least 4 members (excludes halogenated alkanes) is 1. The highest BCUT2D eigenvalue weighted by Gasteiger charge is 2.31. The first-order chi connectivity index (χ1) is 8.02. The van der Waals surface area contributed by atoms with Gasteiger partial charge in [-0.15, -0.1) is 0 Å². The average Bonchev–Trinajstić information content (AvgIpc) is 2.24. The minimum atomic E-state index is -0.0181. The van der Waals surface area contributed by atoms with E-state index >= 15 is 0 Å². The molecular weight excluding hydrogens is 208 g/mol. The molecule has 1 aliphatic rings. The lowest BCUT2D eigenvalue weighted by molar-refractivity contribution is 0.0745. The molecular formula is C16H24O. The molecule has 1 aliphatic heterocycles. The largest absolute Gasteiger partial charge is 0.488 e. The normalized spacial score (nSPS) is 21.8. The molecule has 0 spiro atoms. The molecule has 1 heterocycles. The van der Waals surface area contributed by atoms with Crippen molar-refractivity contribution in [2.24, 2.45) is 0 Å². The molecule has 17 heavy (non-hydrogen) atoms. The van der Waals surface area contributed by atoms with Crippen molar-refractivity contribution in [3.8, 4) is 5.75 Å². The molecule has 1 heteroatoms. The topological polar surface area (TPSA) is 9.23 Å². The molecule has 0 radical (unpaired) electrons. The number of hydrogen-bond acceptors (Lipinski definition) is 1. The number of aryl methyl sites for hydroxylation is 1. The van der Waals surface area contributed by atoms with Gasteiger partial charge in [-0.05, 0) is 56.2 Å². The molecule has 1 aromatic carbocycles. The van der Waals surface area contributed by atoms with Crippen molar-refractivity contribution in [2.45, 2.75) is 64.9 Å². The van der Waals surface area contributed by atoms with Crippen molar-refractivity contribution in [3.63, 3.8) is 0 Å². The second-order valence-electron chi connectivity index (χ2n) is 5.94. The molecule has 1 atom stereocenters. The van der Waals surface area contributed by atoms with E-state index in [1.165, 1.54) is 30.4 Å². The molecule has 0 saturated heterocycles. The summed E-state index contributed by atoms with van der Waals surface area (Å²) in [5.74, 6) is 1.72. The van der Waals surface area contributed by atoms with E-state index in [-0.39, 0.29) is 5.60 Å². The Morgan fingerprint density at radius 2 is 2.12 bits per heavy atom. The lowest BCUT2D eigenvalue weighted by Gasteiger charge is -2.36. The van der Waals surface area contributed by atoms with Gasteiger partial charge in [0, 0.05) is 0 Å². The van der Waals surface area contributed by atoms with E-state index in [9.17, 15) is 0 Å². The fraction of sp³-hybridized carbons (Fsp3) is 0.625. The van der Waals surface area contributed by atoms with Crippen molar-refractivity contribution >= 4 is 0 Å². The zero-order valence-corrected chi connectivity index (χ0v) is 11.5. The third-order valence-electron chi connectivity index (χ3n) is 3.61. The molecule has 1 aromatic rings. The molecule has 0 amide bonds. The number of benzene rings is 1. The Hall–Kier alpha value is -0.980. The first-order valence-corrected chi connectivity index (χ1v) is 6.83. The molecule has 0 aliphatic carbocycles. The summed E-state index contributed by atoms with van der Waals surface area (Å²) >= 11 is 0. The minimum absolute atomic E-state index is 0.0181. The van der Waals surface area contributed by atoms with E-state index in [0.29, 0.717) is 5.92 Å². The predicted molar refractivity (Wildman–Crippen MR) is 72.8 cm³/mol. The SMILES string of the molecule is CCCCc1ccc2c(c1)OC(C)(C)CC2C. The summed E-state index contributed by atoms with van der Waals surface area (Å²) in [5, 5.41) is 0. The van der Waals surface area contributed by atoms with Crippen LogP contribution >= 0.6 is 0 Å². The van der Waals surface area contributed by atoms with Crippen LogP contribution in [0.3, 0.4) is 0 Å². The van der Waals surface area contributed by atoms with Crippen molar-refractivity contribution in [1.82, 2.24) is 0 Å². The van der Waals surface area contributed by atoms with E-state index in [1.54, 1.807) is 0 Å². The number of hydrogen-bond donors (Lipinski definition) is 0. The standard InChI is InChI=1S/C16H24O/c1-5-6-7-13-8-9-14-12(2)11-16(3,4)17-15(14)10-13/h8-10,12H,5-7,11H2,1-4H3. The maximum absolute atomic E-state index is 6.11. The lowest BCUT2D eigenvalue weighted by Crippen LogP contribution is -2.34. The molecule has 0 bridgehead atoms. The Balaban J connectivity index is 2.25. The third kappa shape index (κ3) is 2.83. The minimum Gasteiger partial charge on any atom is -0.488 e. The fourth-order valence-electron chi connectivity index (χ4n) is 2.80. The number of fused-ring (bicyclic) bond motifs is 1. The molecule has 0 aromatic heterocycles. The van der Waals surface area contributed by atoms with E-state index in [1.807, 2.05) is 0 Å². The molecule has 1 unspecified atom stereocenters. The molecule has 2 rings (SSSR count). The molecule has 0 fully saturated rings. The van der Waals surface area contributed by atoms with Crippen molar-refractivity contribution in [3.05, 3.63) is 29.3 Å². The Bertz CT molecular complexity index is 393. The van der Waals surface area contributed by atoms with Crippen LogP contribution in [-0.2, 0) is 6.42 Å². The van der Waals surface area contributed by atoms with E-state index in [2.05, 4.69) is 45.9 Å². The van der Waals surface area contributed by atoms with Gasteiger partial charge in [-0.1, -0.05) is 32.4 Å². The summed E-state index contributed by atoms with van der Waals surface area (Å²) in [6.45, 7) is 8.91. The second kappa shape index (κ2) is 4.72. The van der Waals surface area contributed by atoms with Crippen LogP contribution in [0, 0.1) is 0 Å². The van der Waals surface area contributed by atoms with Crippen LogP contribution in [0.4, 0.5) is 0 Å². The zero-order chi connectivity index (χ0) is 12.5. The Morgan fingerprint density at radius 1 is 1.35 bits per heavy atom. The van der Waals surface area contributed by atoms with E-state index in [0.717, 1.165) is 12.2 Å². The Kier molecular flexibility index (Phi) is 3.46. The van der Waals surface area contributed by atoms with Gasteiger partial charge in [0.1, 0.15) is 11.4 Å². The molecule has 1 nitrogen and oxygen atoms in total. The van der Waals surface area contributed by atoms with Gasteiger partial charge in [-0.2, -0.15) is 0 Å². The summed E-state index contributed by atoms with van der Waals surface area (Å²) in [4.78, 5) is 0. The van der Waals surface area contributed by atoms with Crippen LogP contribution < -0.4 is 4.74 Å². The molecule has 0 N–H and O–H groups in total. The maximum atomic E-state index is 6.11. The van der Waals surface area contributed by atoms with Crippen LogP contribution in [0.25, 0.3) is 0 Å². The second-order valence-corrected chi connectivity index (χ2v) is 5.94. The highest BCUT2D eigenvalue weighted by Crippen LogP contribution is 2.40. The third-order valence-corrected chi connectivity index (χ3v) is 3.61. The molecule has 0 saturated carbocycles. The first-order valence-electron chi connectivity index (χ1n) is 6.83. The van der Waals surface area contributed by atoms with Gasteiger partial charge in [0.25, 0.3) is 0 Å². The Labute approximate surface area is 105 Å². The van der Waals surface area contributed by atoms with Gasteiger partial charge < -0.3 is 4.74 Å². The Morgan fingerprint density at radius 3 is 2.82 bits per heavy atom. The quantitative estimate of drug-likeness (QED) is 0.734. The first kappa shape index (κ1) is 12.5. The zero-order valence-electron chi connectivity index (χ0n) is 11.5. The van der Waals surface area contributed by atoms with Gasteiger partial charge in [-0.3, -0.25) is 0 Å². The monoisotopic (exact) mass is 232 g/mol. The van der Waals surface area contributed by atoms with E-state index in [4.69, 9.17) is 4.74 Å². The highest BCUT2D eigenvalue weighted by molar-refractivity contribution is 5.42. The van der Waals surface area contributed by atoms with Gasteiger partial charge in [-0.25, -0.2) is 0 Å². The van der Waals surface area contributed by atoms with Crippen LogP contribution in [0.1, 0.15) is 64.0 Å². The average molecular weight is 232 g/mol. The maximum Gasteiger partial charge on any atom is 0.123 e. The summed E-state index contributed by atoms with van der Waals surface area (Å²) in [6, 6.07) is 6.79. The smallest absolute Gasteiger partial charge is 0.123 e. The predicted octanol–water partition coefficient (Wildman–Crippen LogP) is 4.69. The van der Waals surface area contributed by atoms with Gasteiger partial charge in [0.05, 0.1) is 0 Å². The van der Waals surface area contributed by atoms with Crippen LogP contribution in [0.2, 0.25) is 0 Å². The molecule has 94 valence electrons. The summed E-state index contributed by atoms with van der Waals surface area (Å²) in [6.07, 6.45) is 4.79. The van der Waals surface area contributed by atoms with E-state index < -0.39 is 0 Å². The van der Waals surface area contributed by atoms with Crippen molar-refractivity contribution in [1.29, 1.82) is 0 Å². The van der Waals surface area contributed by atoms with Gasteiger partial charge in [0.2, 0.25) is 0 Å². The van der Waals surface area contributed by atoms with Crippen molar-refractivity contribution in [2.75, 3.05) is 0 Å². The van der Waals surface area contributed by atoms with Gasteiger partial charge in [0.15, 0.2) is 0 Å². The summed E-state index contributed by atoms with van der Waals surface area (Å²) in [5.41, 5.74) is 2.77. The van der Waals surface area contributed by atoms with Crippen LogP contribution in [0.5, 0.6) is 5.75 Å². The summed E-state index contributed by atoms with van der Waals surface area (Å²) < 4.78 is 6.11. The highest BCUT2D eigenvalue weighted by atomic mass is 16.5. The van der Waals surface area contributed by atoms with Crippen LogP contribution in [0.15, 0.2) is 18.2 Å².